The molecule has 7 rings (SSSR count). The smallest absolute Gasteiger partial charge is 0.454 e. The predicted molar refractivity (Wildman–Crippen MR) is 209 cm³/mol. The summed E-state index contributed by atoms with van der Waals surface area (Å²) in [4.78, 5) is 68.6. The van der Waals surface area contributed by atoms with Gasteiger partial charge in [0.2, 0.25) is 5.60 Å². The number of carbonyl (C=O) groups excluding carboxylic acids is 5. The molecule has 4 fully saturated rings. The van der Waals surface area contributed by atoms with Crippen LogP contribution in [0.5, 0.6) is 0 Å². The molecular formula is C44H53NO16. The molecule has 17 heteroatoms. The van der Waals surface area contributed by atoms with Crippen molar-refractivity contribution in [1.82, 2.24) is 5.32 Å². The maximum Gasteiger partial charge on any atom is 0.509 e. The van der Waals surface area contributed by atoms with Gasteiger partial charge >= 0.3 is 30.2 Å². The first-order valence-electron chi connectivity index (χ1n) is 20.2. The van der Waals surface area contributed by atoms with E-state index in [0.29, 0.717) is 5.56 Å². The molecule has 2 aliphatic heterocycles. The van der Waals surface area contributed by atoms with Gasteiger partial charge in [-0.3, -0.25) is 4.79 Å². The Kier molecular flexibility index (Phi) is 11.1. The highest BCUT2D eigenvalue weighted by atomic mass is 16.8. The molecule has 330 valence electrons. The Morgan fingerprint density at radius 2 is 1.56 bits per heavy atom. The summed E-state index contributed by atoms with van der Waals surface area (Å²) in [6.45, 7) is 11.8. The van der Waals surface area contributed by atoms with E-state index < -0.39 is 119 Å². The molecule has 3 aliphatic carbocycles. The first kappa shape index (κ1) is 44.0. The first-order chi connectivity index (χ1) is 28.5. The number of ether oxygens (including phenoxy) is 7. The van der Waals surface area contributed by atoms with Crippen LogP contribution in [0.25, 0.3) is 0 Å². The highest BCUT2D eigenvalue weighted by molar-refractivity contribution is 5.89. The minimum atomic E-state index is -2.30. The van der Waals surface area contributed by atoms with Gasteiger partial charge in [-0.15, -0.1) is 0 Å². The number of aliphatic hydroxyl groups is 4. The number of fused-ring (bicyclic) bond motifs is 4. The summed E-state index contributed by atoms with van der Waals surface area (Å²) >= 11 is 0. The fraction of sp³-hybridized carbons (Fsp3) is 0.568. The molecule has 1 spiro atoms. The largest absolute Gasteiger partial charge is 0.509 e. The molecule has 17 nitrogen and oxygen atoms in total. The van der Waals surface area contributed by atoms with E-state index >= 15 is 0 Å². The maximum atomic E-state index is 14.4. The van der Waals surface area contributed by atoms with E-state index in [1.807, 2.05) is 0 Å². The lowest BCUT2D eigenvalue weighted by Crippen LogP contribution is -2.83. The SMILES string of the molecule is CC(=O)O[C@@]12CO[C@@H]1C[C@H](O)[C@]1(C)C2[C@H](OC(=O)c2ccccc2)[C@]23OC(=O)O[C@H]2[C@H](OC(=O)[C@H](O)[C@@H](NC(=O)OC(C)(C)C)c2ccccc2)C(C)=C([C@@H](O)[C@H]1O)C3(C)C. The molecule has 61 heavy (non-hydrogen) atoms. The summed E-state index contributed by atoms with van der Waals surface area (Å²) in [5.41, 5.74) is -8.17. The van der Waals surface area contributed by atoms with Gasteiger partial charge in [-0.1, -0.05) is 69.3 Å². The Labute approximate surface area is 352 Å². The van der Waals surface area contributed by atoms with Crippen molar-refractivity contribution >= 4 is 30.2 Å². The van der Waals surface area contributed by atoms with Gasteiger partial charge < -0.3 is 58.9 Å². The molecule has 13 atom stereocenters. The van der Waals surface area contributed by atoms with Crippen LogP contribution in [0.1, 0.15) is 83.8 Å². The Morgan fingerprint density at radius 3 is 2.13 bits per heavy atom. The van der Waals surface area contributed by atoms with Crippen LogP contribution < -0.4 is 5.32 Å². The molecule has 2 bridgehead atoms. The Balaban J connectivity index is 1.42. The van der Waals surface area contributed by atoms with Gasteiger partial charge in [-0.05, 0) is 56.5 Å². The van der Waals surface area contributed by atoms with Crippen molar-refractivity contribution in [3.8, 4) is 0 Å². The number of amides is 1. The fourth-order valence-corrected chi connectivity index (χ4v) is 10.5. The molecule has 5 aliphatic rings. The van der Waals surface area contributed by atoms with E-state index in [4.69, 9.17) is 33.2 Å². The lowest BCUT2D eigenvalue weighted by atomic mass is 9.44. The Hall–Kier alpha value is -5.07. The number of hydrogen-bond donors (Lipinski definition) is 5. The number of hydrogen-bond acceptors (Lipinski definition) is 16. The van der Waals surface area contributed by atoms with Crippen LogP contribution in [0.3, 0.4) is 0 Å². The van der Waals surface area contributed by atoms with E-state index in [0.717, 1.165) is 6.92 Å². The molecule has 5 N–H and O–H groups in total. The fourth-order valence-electron chi connectivity index (χ4n) is 10.5. The number of benzene rings is 2. The Bertz CT molecular complexity index is 2100. The van der Waals surface area contributed by atoms with Crippen molar-refractivity contribution in [3.05, 3.63) is 82.9 Å². The third-order valence-electron chi connectivity index (χ3n) is 13.2. The number of aliphatic hydroxyl groups excluding tert-OH is 4. The molecule has 0 radical (unpaired) electrons. The standard InChI is InChI=1S/C44H53NO16/c1-21-27-29(48)33(50)42(8)25(47)19-26-43(20-55-26,59-22(2)46)32(42)35(57-36(51)24-17-13-10-14-18-24)44(41(27,6)7)34(58-39(54)61-44)31(21)56-37(52)30(49)28(23-15-11-9-12-16-23)45-38(53)60-40(3,4)5/h9-18,25-26,28-35,47-50H,19-20H2,1-8H3,(H,45,53)/t25-,26+,28-,29+,30+,31+,32?,33+,34-,35-,42+,43-,44+/m0/s1. The number of esters is 3. The molecule has 2 aromatic rings. The minimum absolute atomic E-state index is 0.0190. The van der Waals surface area contributed by atoms with E-state index in [2.05, 4.69) is 5.32 Å². The molecule has 1 amide bonds. The minimum Gasteiger partial charge on any atom is -0.454 e. The van der Waals surface area contributed by atoms with Crippen LogP contribution in [0.15, 0.2) is 71.8 Å². The normalized spacial score (nSPS) is 35.7. The maximum absolute atomic E-state index is 14.4. The van der Waals surface area contributed by atoms with Crippen molar-refractivity contribution < 1.29 is 77.6 Å². The monoisotopic (exact) mass is 851 g/mol. The zero-order chi connectivity index (χ0) is 44.6. The highest BCUT2D eigenvalue weighted by Gasteiger charge is 2.82. The predicted octanol–water partition coefficient (Wildman–Crippen LogP) is 3.20. The van der Waals surface area contributed by atoms with Gasteiger partial charge in [0, 0.05) is 24.2 Å². The van der Waals surface area contributed by atoms with Crippen LogP contribution >= 0.6 is 0 Å². The van der Waals surface area contributed by atoms with Crippen molar-refractivity contribution in [2.24, 2.45) is 16.7 Å². The van der Waals surface area contributed by atoms with Gasteiger partial charge in [-0.25, -0.2) is 19.2 Å². The molecule has 0 aromatic heterocycles. The summed E-state index contributed by atoms with van der Waals surface area (Å²) in [5.74, 6) is -4.56. The van der Waals surface area contributed by atoms with Crippen LogP contribution in [0.2, 0.25) is 0 Å². The van der Waals surface area contributed by atoms with Crippen LogP contribution in [0.4, 0.5) is 9.59 Å². The van der Waals surface area contributed by atoms with Crippen LogP contribution in [0, 0.1) is 16.7 Å². The van der Waals surface area contributed by atoms with Crippen molar-refractivity contribution in [2.45, 2.75) is 133 Å². The summed E-state index contributed by atoms with van der Waals surface area (Å²) < 4.78 is 42.2. The van der Waals surface area contributed by atoms with Crippen molar-refractivity contribution in [2.75, 3.05) is 6.61 Å². The van der Waals surface area contributed by atoms with E-state index in [1.54, 1.807) is 83.1 Å². The molecule has 2 heterocycles. The molecular weight excluding hydrogens is 798 g/mol. The van der Waals surface area contributed by atoms with E-state index in [-0.39, 0.29) is 29.7 Å². The lowest BCUT2D eigenvalue weighted by Gasteiger charge is -2.68. The van der Waals surface area contributed by atoms with Gasteiger partial charge in [0.15, 0.2) is 30.0 Å². The van der Waals surface area contributed by atoms with Gasteiger partial charge in [0.25, 0.3) is 0 Å². The summed E-state index contributed by atoms with van der Waals surface area (Å²) in [6.07, 6.45) is -16.1. The average molecular weight is 852 g/mol. The second-order valence-electron chi connectivity index (χ2n) is 18.3. The van der Waals surface area contributed by atoms with Crippen molar-refractivity contribution in [1.29, 1.82) is 0 Å². The van der Waals surface area contributed by atoms with E-state index in [9.17, 15) is 44.4 Å². The third-order valence-corrected chi connectivity index (χ3v) is 13.2. The van der Waals surface area contributed by atoms with Crippen LogP contribution in [-0.2, 0) is 42.7 Å². The highest BCUT2D eigenvalue weighted by Crippen LogP contribution is 2.67. The number of carbonyl (C=O) groups is 5. The summed E-state index contributed by atoms with van der Waals surface area (Å²) in [7, 11) is 0. The van der Waals surface area contributed by atoms with Gasteiger partial charge in [0.05, 0.1) is 36.3 Å². The quantitative estimate of drug-likeness (QED) is 0.146. The Morgan fingerprint density at radius 1 is 0.934 bits per heavy atom. The van der Waals surface area contributed by atoms with Gasteiger partial charge in [-0.2, -0.15) is 0 Å². The topological polar surface area (TPSA) is 243 Å². The zero-order valence-corrected chi connectivity index (χ0v) is 35.1. The number of nitrogens with one attached hydrogen (secondary N) is 1. The third kappa shape index (κ3) is 6.94. The zero-order valence-electron chi connectivity index (χ0n) is 35.1. The summed E-state index contributed by atoms with van der Waals surface area (Å²) in [5, 5.41) is 51.3. The molecule has 2 saturated heterocycles. The molecule has 2 saturated carbocycles. The van der Waals surface area contributed by atoms with E-state index in [1.165, 1.54) is 26.0 Å². The second-order valence-corrected chi connectivity index (χ2v) is 18.3. The molecule has 1 unspecified atom stereocenters. The van der Waals surface area contributed by atoms with Crippen LogP contribution in [-0.4, -0.2) is 123 Å². The van der Waals surface area contributed by atoms with Gasteiger partial charge in [0.1, 0.15) is 17.8 Å². The number of alkyl carbamates (subject to hydrolysis) is 1. The first-order valence-corrected chi connectivity index (χ1v) is 20.2. The average Bonchev–Trinajstić information content (AvgIpc) is 3.55. The number of rotatable bonds is 8. The second kappa shape index (κ2) is 15.4. The van der Waals surface area contributed by atoms with Crippen molar-refractivity contribution in [3.63, 3.8) is 0 Å². The lowest BCUT2D eigenvalue weighted by molar-refractivity contribution is -0.364. The summed E-state index contributed by atoms with van der Waals surface area (Å²) in [6, 6.07) is 14.4. The molecule has 2 aromatic carbocycles.